The van der Waals surface area contributed by atoms with Crippen LogP contribution in [0.1, 0.15) is 27.2 Å². The number of hydrogen-bond donors (Lipinski definition) is 6. The van der Waals surface area contributed by atoms with Crippen molar-refractivity contribution in [2.45, 2.75) is 33.2 Å². The van der Waals surface area contributed by atoms with Gasteiger partial charge in [-0.3, -0.25) is 9.59 Å². The van der Waals surface area contributed by atoms with Gasteiger partial charge in [-0.15, -0.1) is 6.58 Å². The fraction of sp³-hybridized carbons (Fsp3) is 0.375. The Morgan fingerprint density at radius 1 is 0.958 bits per heavy atom. The van der Waals surface area contributed by atoms with E-state index in [0.29, 0.717) is 72.2 Å². The van der Waals surface area contributed by atoms with Crippen molar-refractivity contribution >= 4 is 57.6 Å². The van der Waals surface area contributed by atoms with E-state index in [2.05, 4.69) is 81.7 Å². The lowest BCUT2D eigenvalue weighted by Gasteiger charge is -2.17. The van der Waals surface area contributed by atoms with E-state index in [0.717, 1.165) is 26.1 Å². The molecule has 1 unspecified atom stereocenters. The number of rotatable bonds is 20. The first-order valence-electron chi connectivity index (χ1n) is 15.7. The molecule has 2 aromatic heterocycles. The highest BCUT2D eigenvalue weighted by Crippen LogP contribution is 2.21. The molecule has 16 nitrogen and oxygen atoms in total. The van der Waals surface area contributed by atoms with Crippen LogP contribution in [0.25, 0.3) is 11.0 Å². The normalized spacial score (nSPS) is 11.9. The second-order valence-electron chi connectivity index (χ2n) is 10.6. The minimum atomic E-state index is -1.36. The third kappa shape index (κ3) is 10.8. The molecular weight excluding hydrogens is 616 g/mol. The molecule has 0 aliphatic heterocycles. The number of H-pyrrole nitrogens is 2. The average Bonchev–Trinajstić information content (AvgIpc) is 3.44. The SMILES string of the molecule is C=CCOCCNc1nc(NCCCN(CC)CC)nc(Nc2ccc(/N=N/C(C(C)=O)C(=O)Nc3ccc4[nH]c(=O)[nH]c4c3)cc2)n1. The van der Waals surface area contributed by atoms with Gasteiger partial charge in [-0.25, -0.2) is 4.79 Å². The Morgan fingerprint density at radius 2 is 1.62 bits per heavy atom. The summed E-state index contributed by atoms with van der Waals surface area (Å²) >= 11 is 0. The Bertz CT molecular complexity index is 1750. The van der Waals surface area contributed by atoms with E-state index in [1.807, 2.05) is 0 Å². The van der Waals surface area contributed by atoms with Gasteiger partial charge in [0, 0.05) is 24.5 Å². The molecule has 16 heteroatoms. The summed E-state index contributed by atoms with van der Waals surface area (Å²) in [5.74, 6) is 0.0267. The van der Waals surface area contributed by atoms with Gasteiger partial charge in [-0.2, -0.15) is 25.2 Å². The number of carbonyl (C=O) groups is 2. The summed E-state index contributed by atoms with van der Waals surface area (Å²) in [6.45, 7) is 14.3. The van der Waals surface area contributed by atoms with Crippen LogP contribution in [0.5, 0.6) is 0 Å². The average molecular weight is 659 g/mol. The number of aromatic nitrogens is 5. The highest BCUT2D eigenvalue weighted by Gasteiger charge is 2.23. The number of nitrogens with zero attached hydrogens (tertiary/aromatic N) is 6. The maximum atomic E-state index is 12.9. The number of Topliss-reactive ketones (excluding diaryl/α,β-unsaturated/α-hetero) is 1. The van der Waals surface area contributed by atoms with E-state index in [-0.39, 0.29) is 5.69 Å². The number of anilines is 5. The molecule has 0 spiro atoms. The molecule has 0 aliphatic carbocycles. The Kier molecular flexibility index (Phi) is 13.3. The van der Waals surface area contributed by atoms with Crippen LogP contribution in [-0.4, -0.2) is 93.5 Å². The molecule has 0 bridgehead atoms. The number of benzene rings is 2. The number of amides is 1. The van der Waals surface area contributed by atoms with Gasteiger partial charge in [0.25, 0.3) is 5.91 Å². The molecule has 1 atom stereocenters. The van der Waals surface area contributed by atoms with E-state index in [9.17, 15) is 14.4 Å². The van der Waals surface area contributed by atoms with Gasteiger partial charge in [0.05, 0.1) is 29.9 Å². The molecule has 6 N–H and O–H groups in total. The van der Waals surface area contributed by atoms with Crippen molar-refractivity contribution in [2.75, 3.05) is 67.2 Å². The zero-order valence-electron chi connectivity index (χ0n) is 27.4. The zero-order valence-corrected chi connectivity index (χ0v) is 27.4. The number of carbonyl (C=O) groups excluding carboxylic acids is 2. The zero-order chi connectivity index (χ0) is 34.3. The fourth-order valence-corrected chi connectivity index (χ4v) is 4.54. The Balaban J connectivity index is 1.40. The number of fused-ring (bicyclic) bond motifs is 1. The van der Waals surface area contributed by atoms with Crippen LogP contribution in [0.3, 0.4) is 0 Å². The Hall–Kier alpha value is -5.48. The van der Waals surface area contributed by atoms with Crippen LogP contribution in [0.4, 0.5) is 34.9 Å². The van der Waals surface area contributed by atoms with Crippen LogP contribution in [0.15, 0.2) is 70.1 Å². The molecule has 0 fully saturated rings. The first kappa shape index (κ1) is 35.4. The lowest BCUT2D eigenvalue weighted by atomic mass is 10.2. The van der Waals surface area contributed by atoms with Gasteiger partial charge in [0.2, 0.25) is 23.9 Å². The molecule has 0 radical (unpaired) electrons. The topological polar surface area (TPSA) is 207 Å². The molecule has 4 aromatic rings. The molecule has 48 heavy (non-hydrogen) atoms. The maximum Gasteiger partial charge on any atom is 0.323 e. The first-order valence-corrected chi connectivity index (χ1v) is 15.7. The molecule has 2 heterocycles. The monoisotopic (exact) mass is 658 g/mol. The van der Waals surface area contributed by atoms with Crippen LogP contribution in [-0.2, 0) is 14.3 Å². The van der Waals surface area contributed by atoms with E-state index < -0.39 is 17.7 Å². The lowest BCUT2D eigenvalue weighted by Crippen LogP contribution is -2.31. The third-order valence-electron chi connectivity index (χ3n) is 7.06. The van der Waals surface area contributed by atoms with Gasteiger partial charge in [-0.1, -0.05) is 19.9 Å². The highest BCUT2D eigenvalue weighted by atomic mass is 16.5. The summed E-state index contributed by atoms with van der Waals surface area (Å²) in [6, 6.07) is 10.3. The van der Waals surface area contributed by atoms with Crippen molar-refractivity contribution in [3.05, 3.63) is 65.6 Å². The molecule has 254 valence electrons. The smallest absolute Gasteiger partial charge is 0.323 e. The second kappa shape index (κ2) is 18.0. The summed E-state index contributed by atoms with van der Waals surface area (Å²) in [7, 11) is 0. The standard InChI is InChI=1S/C32H42N12O4/c1-5-18-48-19-16-34-30-39-29(33-15-8-17-44(6-2)7-3)40-31(41-30)36-22-9-11-23(12-10-22)42-43-27(21(4)45)28(46)35-24-13-14-25-26(20-24)38-32(47)37-25/h5,9-14,20,27H,1,6-8,15-19H2,2-4H3,(H,35,46)(H2,37,38,47)(H3,33,34,36,39,40,41)/b43-42+. The Morgan fingerprint density at radius 3 is 2.31 bits per heavy atom. The number of hydrogen-bond acceptors (Lipinski definition) is 13. The minimum absolute atomic E-state index is 0.329. The number of nitrogens with one attached hydrogen (secondary N) is 6. The van der Waals surface area contributed by atoms with Crippen molar-refractivity contribution in [2.24, 2.45) is 10.2 Å². The first-order chi connectivity index (χ1) is 23.3. The molecule has 1 amide bonds. The summed E-state index contributed by atoms with van der Waals surface area (Å²) in [5, 5.41) is 20.4. The predicted octanol–water partition coefficient (Wildman–Crippen LogP) is 4.22. The van der Waals surface area contributed by atoms with E-state index in [1.54, 1.807) is 48.5 Å². The van der Waals surface area contributed by atoms with E-state index >= 15 is 0 Å². The van der Waals surface area contributed by atoms with Gasteiger partial charge in [-0.05, 0) is 75.4 Å². The largest absolute Gasteiger partial charge is 0.376 e. The number of aromatic amines is 2. The lowest BCUT2D eigenvalue weighted by molar-refractivity contribution is -0.126. The number of imidazole rings is 1. The van der Waals surface area contributed by atoms with Gasteiger partial charge < -0.3 is 40.9 Å². The van der Waals surface area contributed by atoms with Crippen molar-refractivity contribution in [1.29, 1.82) is 0 Å². The quantitative estimate of drug-likeness (QED) is 0.0343. The Labute approximate surface area is 277 Å². The number of azo groups is 1. The summed E-state index contributed by atoms with van der Waals surface area (Å²) < 4.78 is 5.44. The van der Waals surface area contributed by atoms with Gasteiger partial charge in [0.15, 0.2) is 5.78 Å². The van der Waals surface area contributed by atoms with Gasteiger partial charge in [0.1, 0.15) is 0 Å². The van der Waals surface area contributed by atoms with E-state index in [4.69, 9.17) is 4.74 Å². The van der Waals surface area contributed by atoms with Crippen LogP contribution >= 0.6 is 0 Å². The van der Waals surface area contributed by atoms with Crippen LogP contribution < -0.4 is 27.0 Å². The van der Waals surface area contributed by atoms with E-state index in [1.165, 1.54) is 6.92 Å². The van der Waals surface area contributed by atoms with Crippen LogP contribution in [0.2, 0.25) is 0 Å². The van der Waals surface area contributed by atoms with Crippen molar-refractivity contribution in [3.8, 4) is 0 Å². The molecule has 0 aliphatic rings. The molecule has 2 aromatic carbocycles. The number of ketones is 1. The third-order valence-corrected chi connectivity index (χ3v) is 7.06. The maximum absolute atomic E-state index is 12.9. The number of ether oxygens (including phenoxy) is 1. The molecule has 0 saturated carbocycles. The van der Waals surface area contributed by atoms with Crippen LogP contribution in [0, 0.1) is 0 Å². The van der Waals surface area contributed by atoms with Crippen molar-refractivity contribution in [3.63, 3.8) is 0 Å². The second-order valence-corrected chi connectivity index (χ2v) is 10.6. The summed E-state index contributed by atoms with van der Waals surface area (Å²) in [4.78, 5) is 57.8. The minimum Gasteiger partial charge on any atom is -0.376 e. The van der Waals surface area contributed by atoms with Gasteiger partial charge >= 0.3 is 5.69 Å². The molecular formula is C32H42N12O4. The highest BCUT2D eigenvalue weighted by molar-refractivity contribution is 6.10. The van der Waals surface area contributed by atoms with Crippen molar-refractivity contribution < 1.29 is 14.3 Å². The molecule has 0 saturated heterocycles. The fourth-order valence-electron chi connectivity index (χ4n) is 4.54. The summed E-state index contributed by atoms with van der Waals surface area (Å²) in [6.07, 6.45) is 2.62. The molecule has 4 rings (SSSR count). The predicted molar refractivity (Wildman–Crippen MR) is 186 cm³/mol. The summed E-state index contributed by atoms with van der Waals surface area (Å²) in [5.41, 5.74) is 2.25. The van der Waals surface area contributed by atoms with Crippen molar-refractivity contribution in [1.82, 2.24) is 29.8 Å².